The van der Waals surface area contributed by atoms with Gasteiger partial charge in [0.2, 0.25) is 10.0 Å². The number of nitrogens with two attached hydrogens (primary N) is 1. The largest absolute Gasteiger partial charge is 0.444 e. The molecule has 0 fully saturated rings. The Kier molecular flexibility index (Phi) is 5.72. The Morgan fingerprint density at radius 3 is 2.50 bits per heavy atom. The molecule has 0 spiro atoms. The molecular weight excluding hydrogens is 313 g/mol. The Bertz CT molecular complexity index is 641. The van der Waals surface area contributed by atoms with Gasteiger partial charge in [-0.3, -0.25) is 0 Å². The maximum Gasteiger partial charge on any atom is 0.407 e. The maximum absolute atomic E-state index is 13.6. The number of benzene rings is 1. The third-order valence-corrected chi connectivity index (χ3v) is 3.83. The summed E-state index contributed by atoms with van der Waals surface area (Å²) in [7, 11) is -4.01. The predicted octanol–water partition coefficient (Wildman–Crippen LogP) is 1.21. The average Bonchev–Trinajstić information content (AvgIpc) is 2.32. The molecule has 0 saturated heterocycles. The number of amides is 1. The van der Waals surface area contributed by atoms with Crippen molar-refractivity contribution in [1.82, 2.24) is 10.0 Å². The van der Waals surface area contributed by atoms with Crippen molar-refractivity contribution >= 4 is 21.8 Å². The lowest BCUT2D eigenvalue weighted by molar-refractivity contribution is 0.0529. The number of rotatable bonds is 5. The first-order valence-electron chi connectivity index (χ1n) is 6.53. The van der Waals surface area contributed by atoms with Crippen LogP contribution < -0.4 is 15.8 Å². The number of nitrogens with one attached hydrogen (secondary N) is 2. The van der Waals surface area contributed by atoms with E-state index in [-0.39, 0.29) is 18.8 Å². The van der Waals surface area contributed by atoms with E-state index in [1.165, 1.54) is 6.07 Å². The van der Waals surface area contributed by atoms with E-state index in [1.807, 2.05) is 0 Å². The highest BCUT2D eigenvalue weighted by Gasteiger charge is 2.19. The van der Waals surface area contributed by atoms with Gasteiger partial charge >= 0.3 is 6.09 Å². The molecular formula is C13H20FN3O4S. The fraction of sp³-hybridized carbons (Fsp3) is 0.462. The highest BCUT2D eigenvalue weighted by atomic mass is 32.2. The third-order valence-electron chi connectivity index (χ3n) is 2.33. The predicted molar refractivity (Wildman–Crippen MR) is 80.2 cm³/mol. The molecule has 4 N–H and O–H groups in total. The molecule has 1 amide bonds. The lowest BCUT2D eigenvalue weighted by atomic mass is 10.2. The molecule has 0 aliphatic carbocycles. The van der Waals surface area contributed by atoms with E-state index >= 15 is 0 Å². The monoisotopic (exact) mass is 333 g/mol. The number of ether oxygens (including phenoxy) is 1. The number of nitrogen functional groups attached to an aromatic ring is 1. The van der Waals surface area contributed by atoms with Crippen molar-refractivity contribution in [2.45, 2.75) is 31.3 Å². The van der Waals surface area contributed by atoms with Gasteiger partial charge in [0.25, 0.3) is 0 Å². The molecule has 0 aliphatic rings. The van der Waals surface area contributed by atoms with E-state index in [2.05, 4.69) is 10.0 Å². The Morgan fingerprint density at radius 2 is 1.95 bits per heavy atom. The normalized spacial score (nSPS) is 12.0. The molecule has 0 aliphatic heterocycles. The Morgan fingerprint density at radius 1 is 1.32 bits per heavy atom. The first kappa shape index (κ1) is 18.2. The number of hydrogen-bond acceptors (Lipinski definition) is 5. The molecule has 9 heteroatoms. The van der Waals surface area contributed by atoms with E-state index in [0.29, 0.717) is 0 Å². The van der Waals surface area contributed by atoms with Gasteiger partial charge in [0.1, 0.15) is 16.3 Å². The van der Waals surface area contributed by atoms with Crippen molar-refractivity contribution in [3.8, 4) is 0 Å². The number of sulfonamides is 1. The molecule has 0 radical (unpaired) electrons. The van der Waals surface area contributed by atoms with Gasteiger partial charge in [-0.25, -0.2) is 22.3 Å². The standard InChI is InChI=1S/C13H20FN3O4S/c1-13(2,3)21-12(18)16-6-7-17-22(19,20)11-5-4-9(15)8-10(11)14/h4-5,8,17H,6-7,15H2,1-3H3,(H,16,18). The van der Waals surface area contributed by atoms with Crippen LogP contribution in [0.15, 0.2) is 23.1 Å². The van der Waals surface area contributed by atoms with Crippen molar-refractivity contribution < 1.29 is 22.3 Å². The summed E-state index contributed by atoms with van der Waals surface area (Å²) in [5.41, 5.74) is 4.85. The van der Waals surface area contributed by atoms with Crippen LogP contribution in [0.25, 0.3) is 0 Å². The van der Waals surface area contributed by atoms with Crippen molar-refractivity contribution in [3.63, 3.8) is 0 Å². The molecule has 1 aromatic carbocycles. The highest BCUT2D eigenvalue weighted by molar-refractivity contribution is 7.89. The summed E-state index contributed by atoms with van der Waals surface area (Å²) in [6.07, 6.45) is -0.662. The van der Waals surface area contributed by atoms with Gasteiger partial charge in [-0.1, -0.05) is 0 Å². The number of halogens is 1. The van der Waals surface area contributed by atoms with Gasteiger partial charge < -0.3 is 15.8 Å². The van der Waals surface area contributed by atoms with E-state index < -0.39 is 32.4 Å². The van der Waals surface area contributed by atoms with E-state index in [1.54, 1.807) is 20.8 Å². The van der Waals surface area contributed by atoms with Crippen molar-refractivity contribution in [3.05, 3.63) is 24.0 Å². The first-order valence-corrected chi connectivity index (χ1v) is 8.01. The van der Waals surface area contributed by atoms with Crippen LogP contribution in [0.1, 0.15) is 20.8 Å². The molecule has 7 nitrogen and oxygen atoms in total. The zero-order valence-corrected chi connectivity index (χ0v) is 13.5. The molecule has 1 aromatic rings. The minimum atomic E-state index is -4.01. The van der Waals surface area contributed by atoms with Gasteiger partial charge in [-0.2, -0.15) is 0 Å². The van der Waals surface area contributed by atoms with Gasteiger partial charge in [-0.15, -0.1) is 0 Å². The van der Waals surface area contributed by atoms with Gasteiger partial charge in [0.15, 0.2) is 0 Å². The smallest absolute Gasteiger partial charge is 0.407 e. The van der Waals surface area contributed by atoms with Crippen molar-refractivity contribution in [1.29, 1.82) is 0 Å². The zero-order chi connectivity index (χ0) is 17.0. The van der Waals surface area contributed by atoms with E-state index in [0.717, 1.165) is 12.1 Å². The van der Waals surface area contributed by atoms with Gasteiger partial charge in [-0.05, 0) is 39.0 Å². The van der Waals surface area contributed by atoms with Crippen molar-refractivity contribution in [2.24, 2.45) is 0 Å². The lowest BCUT2D eigenvalue weighted by Gasteiger charge is -2.19. The minimum absolute atomic E-state index is 0.00470. The summed E-state index contributed by atoms with van der Waals surface area (Å²) < 4.78 is 44.5. The minimum Gasteiger partial charge on any atom is -0.444 e. The van der Waals surface area contributed by atoms with Gasteiger partial charge in [0, 0.05) is 18.8 Å². The zero-order valence-electron chi connectivity index (χ0n) is 12.6. The fourth-order valence-corrected chi connectivity index (χ4v) is 2.57. The number of carbonyl (C=O) groups is 1. The van der Waals surface area contributed by atoms with Crippen LogP contribution in [0.4, 0.5) is 14.9 Å². The molecule has 0 bridgehead atoms. The van der Waals surface area contributed by atoms with Crippen LogP contribution >= 0.6 is 0 Å². The number of anilines is 1. The SMILES string of the molecule is CC(C)(C)OC(=O)NCCNS(=O)(=O)c1ccc(N)cc1F. The Hall–Kier alpha value is -1.87. The number of alkyl carbamates (subject to hydrolysis) is 1. The molecule has 124 valence electrons. The molecule has 1 rings (SSSR count). The molecule has 0 unspecified atom stereocenters. The first-order chi connectivity index (χ1) is 10.0. The van der Waals surface area contributed by atoms with E-state index in [9.17, 15) is 17.6 Å². The molecule has 22 heavy (non-hydrogen) atoms. The molecule has 0 aromatic heterocycles. The van der Waals surface area contributed by atoms with Crippen molar-refractivity contribution in [2.75, 3.05) is 18.8 Å². The number of hydrogen-bond donors (Lipinski definition) is 3. The summed E-state index contributed by atoms with van der Waals surface area (Å²) in [5, 5.41) is 2.39. The Balaban J connectivity index is 2.52. The highest BCUT2D eigenvalue weighted by Crippen LogP contribution is 2.16. The third kappa shape index (κ3) is 5.86. The van der Waals surface area contributed by atoms with Crippen LogP contribution in [0, 0.1) is 5.82 Å². The summed E-state index contributed by atoms with van der Waals surface area (Å²) in [4.78, 5) is 10.9. The van der Waals surface area contributed by atoms with Crippen LogP contribution in [-0.2, 0) is 14.8 Å². The van der Waals surface area contributed by atoms with Crippen LogP contribution in [-0.4, -0.2) is 33.2 Å². The maximum atomic E-state index is 13.6. The van der Waals surface area contributed by atoms with Crippen LogP contribution in [0.2, 0.25) is 0 Å². The second-order valence-electron chi connectivity index (χ2n) is 5.52. The average molecular weight is 333 g/mol. The number of carbonyl (C=O) groups excluding carboxylic acids is 1. The molecule has 0 saturated carbocycles. The van der Waals surface area contributed by atoms with Crippen LogP contribution in [0.5, 0.6) is 0 Å². The summed E-state index contributed by atoms with van der Waals surface area (Å²) >= 11 is 0. The summed E-state index contributed by atoms with van der Waals surface area (Å²) in [6, 6.07) is 3.29. The lowest BCUT2D eigenvalue weighted by Crippen LogP contribution is -2.38. The topological polar surface area (TPSA) is 111 Å². The molecule has 0 heterocycles. The van der Waals surface area contributed by atoms with Gasteiger partial charge in [0.05, 0.1) is 0 Å². The fourth-order valence-electron chi connectivity index (χ4n) is 1.48. The second-order valence-corrected chi connectivity index (χ2v) is 7.25. The summed E-state index contributed by atoms with van der Waals surface area (Å²) in [6.45, 7) is 5.02. The quantitative estimate of drug-likeness (QED) is 0.554. The second kappa shape index (κ2) is 6.93. The summed E-state index contributed by atoms with van der Waals surface area (Å²) in [5.74, 6) is -0.937. The molecule has 0 atom stereocenters. The van der Waals surface area contributed by atoms with Crippen LogP contribution in [0.3, 0.4) is 0 Å². The Labute approximate surface area is 129 Å². The van der Waals surface area contributed by atoms with E-state index in [4.69, 9.17) is 10.5 Å².